The number of nitrogens with zero attached hydrogens (tertiary/aromatic N) is 2. The number of rotatable bonds is 10. The number of nitrogens with one attached hydrogen (secondary N) is 2. The van der Waals surface area contributed by atoms with E-state index in [1.807, 2.05) is 31.2 Å². The lowest BCUT2D eigenvalue weighted by Gasteiger charge is -2.15. The van der Waals surface area contributed by atoms with Gasteiger partial charge in [-0.2, -0.15) is 18.2 Å². The largest absolute Gasteiger partial charge is 0.494 e. The van der Waals surface area contributed by atoms with Gasteiger partial charge >= 0.3 is 6.18 Å². The van der Waals surface area contributed by atoms with Crippen LogP contribution in [0.3, 0.4) is 0 Å². The Kier molecular flexibility index (Phi) is 7.92. The van der Waals surface area contributed by atoms with Gasteiger partial charge < -0.3 is 15.4 Å². The molecule has 8 heteroatoms. The molecule has 0 saturated heterocycles. The first-order chi connectivity index (χ1) is 15.4. The third-order valence-electron chi connectivity index (χ3n) is 4.80. The Hall–Kier alpha value is -3.29. The van der Waals surface area contributed by atoms with Crippen LogP contribution in [0.2, 0.25) is 0 Å². The summed E-state index contributed by atoms with van der Waals surface area (Å²) in [6.07, 6.45) is 0.673. The van der Waals surface area contributed by atoms with Gasteiger partial charge in [0, 0.05) is 17.6 Å². The highest BCUT2D eigenvalue weighted by molar-refractivity contribution is 5.63. The molecule has 0 aliphatic rings. The summed E-state index contributed by atoms with van der Waals surface area (Å²) in [5.74, 6) is 0.387. The van der Waals surface area contributed by atoms with Gasteiger partial charge in [0.25, 0.3) is 0 Å². The molecule has 0 radical (unpaired) electrons. The second kappa shape index (κ2) is 10.8. The zero-order chi connectivity index (χ0) is 23.0. The Labute approximate surface area is 186 Å². The van der Waals surface area contributed by atoms with Crippen molar-refractivity contribution >= 4 is 23.1 Å². The molecular formula is C24H27F3N4O. The fourth-order valence-corrected chi connectivity index (χ4v) is 3.15. The molecule has 0 saturated carbocycles. The molecule has 5 nitrogen and oxygen atoms in total. The van der Waals surface area contributed by atoms with Crippen LogP contribution in [0.1, 0.15) is 44.2 Å². The van der Waals surface area contributed by atoms with Crippen LogP contribution < -0.4 is 15.4 Å². The third kappa shape index (κ3) is 6.60. The Morgan fingerprint density at radius 1 is 0.875 bits per heavy atom. The minimum absolute atomic E-state index is 0.0742. The maximum Gasteiger partial charge on any atom is 0.421 e. The van der Waals surface area contributed by atoms with Crippen molar-refractivity contribution in [1.82, 2.24) is 9.97 Å². The number of benzene rings is 2. The predicted octanol–water partition coefficient (Wildman–Crippen LogP) is 7.11. The number of unbranched alkanes of at least 4 members (excludes halogenated alkanes) is 2. The lowest BCUT2D eigenvalue weighted by atomic mass is 10.1. The predicted molar refractivity (Wildman–Crippen MR) is 121 cm³/mol. The summed E-state index contributed by atoms with van der Waals surface area (Å²) in [5.41, 5.74) is 1.44. The van der Waals surface area contributed by atoms with Gasteiger partial charge in [0.1, 0.15) is 17.1 Å². The second-order valence-corrected chi connectivity index (χ2v) is 7.32. The number of ether oxygens (including phenoxy) is 1. The SMILES string of the molecule is CCCCCc1ccc(Nc2ncc(C(F)(F)F)c(Nc3ccc(OCC)cc3)n2)cc1. The molecule has 1 heterocycles. The highest BCUT2D eigenvalue weighted by Gasteiger charge is 2.35. The highest BCUT2D eigenvalue weighted by atomic mass is 19.4. The monoisotopic (exact) mass is 444 g/mol. The standard InChI is InChI=1S/C24H27F3N4O/c1-3-5-6-7-17-8-10-19(11-9-17)30-23-28-16-21(24(25,26)27)22(31-23)29-18-12-14-20(15-13-18)32-4-2/h8-16H,3-7H2,1-2H3,(H2,28,29,30,31). The Bertz CT molecular complexity index is 990. The molecule has 32 heavy (non-hydrogen) atoms. The Morgan fingerprint density at radius 3 is 2.16 bits per heavy atom. The van der Waals surface area contributed by atoms with Gasteiger partial charge in [-0.1, -0.05) is 31.9 Å². The maximum atomic E-state index is 13.5. The molecular weight excluding hydrogens is 417 g/mol. The Balaban J connectivity index is 1.77. The minimum atomic E-state index is -4.59. The summed E-state index contributed by atoms with van der Waals surface area (Å²) in [4.78, 5) is 7.95. The van der Waals surface area contributed by atoms with Gasteiger partial charge in [0.2, 0.25) is 5.95 Å². The van der Waals surface area contributed by atoms with E-state index >= 15 is 0 Å². The molecule has 3 rings (SSSR count). The van der Waals surface area contributed by atoms with E-state index in [-0.39, 0.29) is 11.8 Å². The van der Waals surface area contributed by atoms with Gasteiger partial charge in [-0.15, -0.1) is 0 Å². The average molecular weight is 445 g/mol. The first kappa shape index (κ1) is 23.4. The highest BCUT2D eigenvalue weighted by Crippen LogP contribution is 2.35. The van der Waals surface area contributed by atoms with Crippen molar-refractivity contribution < 1.29 is 17.9 Å². The zero-order valence-electron chi connectivity index (χ0n) is 18.2. The lowest BCUT2D eigenvalue weighted by Crippen LogP contribution is -2.12. The number of aryl methyl sites for hydroxylation is 1. The van der Waals surface area contributed by atoms with E-state index in [4.69, 9.17) is 4.74 Å². The second-order valence-electron chi connectivity index (χ2n) is 7.32. The number of alkyl halides is 3. The van der Waals surface area contributed by atoms with Crippen LogP contribution in [0.5, 0.6) is 5.75 Å². The van der Waals surface area contributed by atoms with E-state index in [1.54, 1.807) is 24.3 Å². The number of halogens is 3. The van der Waals surface area contributed by atoms with Crippen molar-refractivity contribution in [3.8, 4) is 5.75 Å². The van der Waals surface area contributed by atoms with Crippen LogP contribution in [-0.4, -0.2) is 16.6 Å². The van der Waals surface area contributed by atoms with E-state index in [0.717, 1.165) is 25.5 Å². The molecule has 3 aromatic rings. The number of anilines is 4. The minimum Gasteiger partial charge on any atom is -0.494 e. The molecule has 0 amide bonds. The maximum absolute atomic E-state index is 13.5. The molecule has 2 N–H and O–H groups in total. The van der Waals surface area contributed by atoms with Crippen molar-refractivity contribution in [2.24, 2.45) is 0 Å². The lowest BCUT2D eigenvalue weighted by molar-refractivity contribution is -0.137. The van der Waals surface area contributed by atoms with Crippen LogP contribution in [-0.2, 0) is 12.6 Å². The Morgan fingerprint density at radius 2 is 1.53 bits per heavy atom. The summed E-state index contributed by atoms with van der Waals surface area (Å²) in [7, 11) is 0. The number of hydrogen-bond acceptors (Lipinski definition) is 5. The van der Waals surface area contributed by atoms with Crippen LogP contribution in [0, 0.1) is 0 Å². The van der Waals surface area contributed by atoms with Crippen LogP contribution >= 0.6 is 0 Å². The molecule has 0 atom stereocenters. The molecule has 2 aromatic carbocycles. The molecule has 0 unspecified atom stereocenters. The molecule has 0 spiro atoms. The van der Waals surface area contributed by atoms with Crippen molar-refractivity contribution in [2.75, 3.05) is 17.2 Å². The molecule has 0 fully saturated rings. The van der Waals surface area contributed by atoms with Crippen molar-refractivity contribution in [1.29, 1.82) is 0 Å². The van der Waals surface area contributed by atoms with E-state index in [9.17, 15) is 13.2 Å². The van der Waals surface area contributed by atoms with Crippen LogP contribution in [0.25, 0.3) is 0 Å². The smallest absolute Gasteiger partial charge is 0.421 e. The van der Waals surface area contributed by atoms with Crippen molar-refractivity contribution in [2.45, 2.75) is 45.7 Å². The van der Waals surface area contributed by atoms with Gasteiger partial charge in [-0.25, -0.2) is 4.98 Å². The summed E-state index contributed by atoms with van der Waals surface area (Å²) >= 11 is 0. The van der Waals surface area contributed by atoms with Gasteiger partial charge in [-0.05, 0) is 61.7 Å². The molecule has 0 bridgehead atoms. The fraction of sp³-hybridized carbons (Fsp3) is 0.333. The topological polar surface area (TPSA) is 59.1 Å². The first-order valence-corrected chi connectivity index (χ1v) is 10.7. The van der Waals surface area contributed by atoms with Gasteiger partial charge in [0.15, 0.2) is 0 Å². The summed E-state index contributed by atoms with van der Waals surface area (Å²) in [6, 6.07) is 14.4. The number of aromatic nitrogens is 2. The van der Waals surface area contributed by atoms with E-state index < -0.39 is 11.7 Å². The molecule has 0 aliphatic heterocycles. The quantitative estimate of drug-likeness (QED) is 0.326. The first-order valence-electron chi connectivity index (χ1n) is 10.7. The molecule has 1 aromatic heterocycles. The van der Waals surface area contributed by atoms with Gasteiger partial charge in [-0.3, -0.25) is 0 Å². The fourth-order valence-electron chi connectivity index (χ4n) is 3.15. The third-order valence-corrected chi connectivity index (χ3v) is 4.80. The van der Waals surface area contributed by atoms with E-state index in [2.05, 4.69) is 27.5 Å². The summed E-state index contributed by atoms with van der Waals surface area (Å²) < 4.78 is 45.8. The van der Waals surface area contributed by atoms with E-state index in [1.165, 1.54) is 12.0 Å². The molecule has 170 valence electrons. The summed E-state index contributed by atoms with van der Waals surface area (Å²) in [5, 5.41) is 5.73. The van der Waals surface area contributed by atoms with Crippen LogP contribution in [0.4, 0.5) is 36.3 Å². The normalized spacial score (nSPS) is 11.3. The van der Waals surface area contributed by atoms with Crippen LogP contribution in [0.15, 0.2) is 54.7 Å². The zero-order valence-corrected chi connectivity index (χ0v) is 18.2. The van der Waals surface area contributed by atoms with Gasteiger partial charge in [0.05, 0.1) is 6.61 Å². The van der Waals surface area contributed by atoms with E-state index in [0.29, 0.717) is 23.7 Å². The summed E-state index contributed by atoms with van der Waals surface area (Å²) in [6.45, 7) is 4.53. The number of hydrogen-bond donors (Lipinski definition) is 2. The van der Waals surface area contributed by atoms with Crippen molar-refractivity contribution in [3.05, 3.63) is 65.9 Å². The molecule has 0 aliphatic carbocycles. The van der Waals surface area contributed by atoms with Crippen molar-refractivity contribution in [3.63, 3.8) is 0 Å². The average Bonchev–Trinajstić information content (AvgIpc) is 2.76.